The van der Waals surface area contributed by atoms with E-state index in [1.165, 1.54) is 11.1 Å². The van der Waals surface area contributed by atoms with Crippen molar-refractivity contribution in [3.63, 3.8) is 0 Å². The Balaban J connectivity index is 1.77. The van der Waals surface area contributed by atoms with Crippen molar-refractivity contribution in [3.05, 3.63) is 122 Å². The second-order valence-corrected chi connectivity index (χ2v) is 10.4. The first-order valence-corrected chi connectivity index (χ1v) is 12.7. The quantitative estimate of drug-likeness (QED) is 0.374. The van der Waals surface area contributed by atoms with Gasteiger partial charge < -0.3 is 10.2 Å². The monoisotopic (exact) mass is 536 g/mol. The van der Waals surface area contributed by atoms with Gasteiger partial charge in [0.15, 0.2) is 0 Å². The van der Waals surface area contributed by atoms with E-state index in [4.69, 9.17) is 0 Å². The Hall–Kier alpha value is -5.02. The molecule has 0 fully saturated rings. The Kier molecular flexibility index (Phi) is 6.83. The zero-order valence-corrected chi connectivity index (χ0v) is 22.3. The van der Waals surface area contributed by atoms with Gasteiger partial charge in [0.25, 0.3) is 11.5 Å². The molecule has 0 unspecified atom stereocenters. The van der Waals surface area contributed by atoms with Crippen molar-refractivity contribution in [2.75, 3.05) is 5.01 Å². The predicted octanol–water partition coefficient (Wildman–Crippen LogP) is 4.02. The molecule has 9 heteroatoms. The number of hydrazone groups is 1. The highest BCUT2D eigenvalue weighted by molar-refractivity contribution is 6.34. The predicted molar refractivity (Wildman–Crippen MR) is 154 cm³/mol. The van der Waals surface area contributed by atoms with Crippen LogP contribution in [0.2, 0.25) is 0 Å². The standard InChI is InChI=1S/C31H28N4O5/c1-31(2,3)26-24(29(39)35(32-26)23-16-14-20(19-36)15-17-23)18-25-27(37)33(21-10-6-4-7-11-21)30(40)34(28(25)38)22-12-8-5-9-13-22/h4-18,36-37H,19H2,1-3H3/b24-18-. The van der Waals surface area contributed by atoms with Gasteiger partial charge in [-0.2, -0.15) is 10.1 Å². The fraction of sp³-hybridized carbons (Fsp3) is 0.161. The lowest BCUT2D eigenvalue weighted by Gasteiger charge is -2.18. The molecule has 3 aromatic carbocycles. The molecule has 0 spiro atoms. The number of hydrogen-bond acceptors (Lipinski definition) is 6. The molecule has 9 nitrogen and oxygen atoms in total. The first kappa shape index (κ1) is 26.6. The number of rotatable bonds is 5. The van der Waals surface area contributed by atoms with Crippen LogP contribution in [0.5, 0.6) is 5.88 Å². The van der Waals surface area contributed by atoms with Gasteiger partial charge in [-0.05, 0) is 48.0 Å². The molecule has 2 N–H and O–H groups in total. The first-order valence-electron chi connectivity index (χ1n) is 12.7. The molecule has 0 atom stereocenters. The summed E-state index contributed by atoms with van der Waals surface area (Å²) < 4.78 is 2.01. The number of para-hydroxylation sites is 2. The highest BCUT2D eigenvalue weighted by Gasteiger charge is 2.38. The molecule has 5 rings (SSSR count). The van der Waals surface area contributed by atoms with Gasteiger partial charge in [-0.1, -0.05) is 69.3 Å². The summed E-state index contributed by atoms with van der Waals surface area (Å²) >= 11 is 0. The minimum atomic E-state index is -0.778. The van der Waals surface area contributed by atoms with Crippen LogP contribution < -0.4 is 16.3 Å². The van der Waals surface area contributed by atoms with Crippen molar-refractivity contribution in [1.29, 1.82) is 0 Å². The third kappa shape index (κ3) is 4.67. The Labute approximate surface area is 230 Å². The van der Waals surface area contributed by atoms with Gasteiger partial charge in [-0.15, -0.1) is 0 Å². The minimum absolute atomic E-state index is 0.115. The molecule has 1 aliphatic rings. The molecular weight excluding hydrogens is 508 g/mol. The summed E-state index contributed by atoms with van der Waals surface area (Å²) in [6.07, 6.45) is 1.31. The Bertz CT molecular complexity index is 1760. The number of anilines is 1. The summed E-state index contributed by atoms with van der Waals surface area (Å²) in [6.45, 7) is 5.52. The summed E-state index contributed by atoms with van der Waals surface area (Å²) in [6, 6.07) is 23.6. The van der Waals surface area contributed by atoms with Crippen molar-refractivity contribution in [1.82, 2.24) is 9.13 Å². The minimum Gasteiger partial charge on any atom is -0.494 e. The van der Waals surface area contributed by atoms with Crippen LogP contribution in [0.3, 0.4) is 0 Å². The number of aliphatic hydroxyl groups is 1. The molecule has 202 valence electrons. The number of carbonyl (C=O) groups excluding carboxylic acids is 1. The van der Waals surface area contributed by atoms with E-state index in [0.29, 0.717) is 28.3 Å². The summed E-state index contributed by atoms with van der Waals surface area (Å²) in [5.74, 6) is -1.09. The average Bonchev–Trinajstić information content (AvgIpc) is 3.28. The zero-order chi connectivity index (χ0) is 28.6. The number of aromatic hydroxyl groups is 1. The maximum atomic E-state index is 13.8. The molecule has 4 aromatic rings. The van der Waals surface area contributed by atoms with Crippen molar-refractivity contribution in [3.8, 4) is 17.3 Å². The molecule has 0 saturated carbocycles. The fourth-order valence-electron chi connectivity index (χ4n) is 4.52. The lowest BCUT2D eigenvalue weighted by Crippen LogP contribution is -2.39. The fourth-order valence-corrected chi connectivity index (χ4v) is 4.52. The molecular formula is C31H28N4O5. The average molecular weight is 537 g/mol. The highest BCUT2D eigenvalue weighted by Crippen LogP contribution is 2.33. The number of hydrogen-bond donors (Lipinski definition) is 2. The van der Waals surface area contributed by atoms with Crippen LogP contribution in [-0.2, 0) is 11.4 Å². The molecule has 0 saturated heterocycles. The van der Waals surface area contributed by atoms with Crippen molar-refractivity contribution in [2.24, 2.45) is 10.5 Å². The molecule has 0 aliphatic carbocycles. The topological polar surface area (TPSA) is 117 Å². The summed E-state index contributed by atoms with van der Waals surface area (Å²) in [5, 5.41) is 26.6. The summed E-state index contributed by atoms with van der Waals surface area (Å²) in [7, 11) is 0. The number of amides is 1. The molecule has 40 heavy (non-hydrogen) atoms. The van der Waals surface area contributed by atoms with Crippen LogP contribution in [0, 0.1) is 5.41 Å². The molecule has 1 aromatic heterocycles. The lowest BCUT2D eigenvalue weighted by atomic mass is 9.85. The number of benzene rings is 3. The van der Waals surface area contributed by atoms with Gasteiger partial charge in [0.05, 0.1) is 35.0 Å². The van der Waals surface area contributed by atoms with Crippen LogP contribution in [0.4, 0.5) is 5.69 Å². The van der Waals surface area contributed by atoms with Gasteiger partial charge >= 0.3 is 5.69 Å². The third-order valence-electron chi connectivity index (χ3n) is 6.54. The number of aromatic nitrogens is 2. The van der Waals surface area contributed by atoms with E-state index in [-0.39, 0.29) is 17.7 Å². The van der Waals surface area contributed by atoms with E-state index < -0.39 is 28.5 Å². The Morgan fingerprint density at radius 1 is 0.775 bits per heavy atom. The van der Waals surface area contributed by atoms with Gasteiger partial charge in [0.2, 0.25) is 5.88 Å². The molecule has 1 aliphatic heterocycles. The maximum absolute atomic E-state index is 13.8. The smallest absolute Gasteiger partial charge is 0.343 e. The van der Waals surface area contributed by atoms with Crippen molar-refractivity contribution < 1.29 is 15.0 Å². The van der Waals surface area contributed by atoms with E-state index >= 15 is 0 Å². The van der Waals surface area contributed by atoms with Crippen LogP contribution in [0.15, 0.2) is 105 Å². The number of nitrogens with zero attached hydrogens (tertiary/aromatic N) is 4. The maximum Gasteiger partial charge on any atom is 0.343 e. The van der Waals surface area contributed by atoms with E-state index in [2.05, 4.69) is 5.10 Å². The summed E-state index contributed by atoms with van der Waals surface area (Å²) in [4.78, 5) is 41.2. The van der Waals surface area contributed by atoms with E-state index in [1.807, 2.05) is 20.8 Å². The SMILES string of the molecule is CC(C)(C)C1=NN(c2ccc(CO)cc2)C(=O)/C1=C\c1c(O)n(-c2ccccc2)c(=O)n(-c2ccccc2)c1=O. The zero-order valence-electron chi connectivity index (χ0n) is 22.3. The van der Waals surface area contributed by atoms with Crippen molar-refractivity contribution in [2.45, 2.75) is 27.4 Å². The van der Waals surface area contributed by atoms with Gasteiger partial charge in [0, 0.05) is 5.41 Å². The Morgan fingerprint density at radius 3 is 1.85 bits per heavy atom. The highest BCUT2D eigenvalue weighted by atomic mass is 16.3. The summed E-state index contributed by atoms with van der Waals surface area (Å²) in [5.41, 5.74) is -0.0235. The Morgan fingerprint density at radius 2 is 1.32 bits per heavy atom. The molecule has 2 heterocycles. The lowest BCUT2D eigenvalue weighted by molar-refractivity contribution is -0.114. The van der Waals surface area contributed by atoms with Gasteiger partial charge in [-0.25, -0.2) is 13.9 Å². The second-order valence-electron chi connectivity index (χ2n) is 10.4. The van der Waals surface area contributed by atoms with Crippen molar-refractivity contribution >= 4 is 23.4 Å². The number of aliphatic hydroxyl groups excluding tert-OH is 1. The van der Waals surface area contributed by atoms with Crippen LogP contribution in [-0.4, -0.2) is 31.0 Å². The molecule has 0 radical (unpaired) electrons. The number of carbonyl (C=O) groups is 1. The van der Waals surface area contributed by atoms with E-state index in [9.17, 15) is 24.6 Å². The largest absolute Gasteiger partial charge is 0.494 e. The van der Waals surface area contributed by atoms with Gasteiger partial charge in [-0.3, -0.25) is 9.59 Å². The van der Waals surface area contributed by atoms with Crippen LogP contribution in [0.25, 0.3) is 17.5 Å². The molecule has 1 amide bonds. The van der Waals surface area contributed by atoms with Gasteiger partial charge in [0.1, 0.15) is 5.56 Å². The van der Waals surface area contributed by atoms with E-state index in [1.54, 1.807) is 84.9 Å². The normalized spacial score (nSPS) is 14.6. The van der Waals surface area contributed by atoms with E-state index in [0.717, 1.165) is 9.13 Å². The third-order valence-corrected chi connectivity index (χ3v) is 6.54. The van der Waals surface area contributed by atoms with Crippen LogP contribution in [0.1, 0.15) is 31.9 Å². The first-order chi connectivity index (χ1) is 19.1. The second kappa shape index (κ2) is 10.3. The molecule has 0 bridgehead atoms. The van der Waals surface area contributed by atoms with Crippen LogP contribution >= 0.6 is 0 Å².